The molecule has 0 saturated carbocycles. The Bertz CT molecular complexity index is 710. The van der Waals surface area contributed by atoms with Crippen molar-refractivity contribution in [1.29, 1.82) is 0 Å². The predicted octanol–water partition coefficient (Wildman–Crippen LogP) is 4.96. The Morgan fingerprint density at radius 3 is 1.24 bits per heavy atom. The van der Waals surface area contributed by atoms with E-state index in [1.165, 1.54) is 7.16 Å². The fourth-order valence-corrected chi connectivity index (χ4v) is 35.6. The second-order valence-corrected chi connectivity index (χ2v) is 29.2. The van der Waals surface area contributed by atoms with Crippen molar-refractivity contribution in [2.75, 3.05) is 26.2 Å². The van der Waals surface area contributed by atoms with E-state index in [0.717, 1.165) is 34.8 Å². The summed E-state index contributed by atoms with van der Waals surface area (Å²) in [6.45, 7) is 12.4. The van der Waals surface area contributed by atoms with Gasteiger partial charge in [-0.15, -0.1) is 0 Å². The van der Waals surface area contributed by atoms with Crippen LogP contribution in [-0.2, 0) is 0 Å². The molecule has 29 heavy (non-hydrogen) atoms. The van der Waals surface area contributed by atoms with E-state index in [1.807, 2.05) is 17.9 Å². The van der Waals surface area contributed by atoms with Gasteiger partial charge in [0.25, 0.3) is 0 Å². The molecule has 0 bridgehead atoms. The third-order valence-corrected chi connectivity index (χ3v) is 34.0. The molecule has 0 heterocycles. The Morgan fingerprint density at radius 2 is 0.966 bits per heavy atom. The Balaban J connectivity index is 2.62. The van der Waals surface area contributed by atoms with Gasteiger partial charge in [0.15, 0.2) is 0 Å². The molecule has 2 nitrogen and oxygen atoms in total. The normalized spacial score (nSPS) is 11.2. The Hall–Kier alpha value is -0.281. The van der Waals surface area contributed by atoms with Crippen LogP contribution in [0.3, 0.4) is 0 Å². The van der Waals surface area contributed by atoms with E-state index in [0.29, 0.717) is 0 Å². The van der Waals surface area contributed by atoms with E-state index in [9.17, 15) is 0 Å². The van der Waals surface area contributed by atoms with E-state index in [2.05, 4.69) is 98.2 Å². The SMILES string of the molecule is CCN(CC)C(=S)[S][Sn]([S]C(=S)N(CC)CC)([c]1ccccc1)[c]1ccccc1. The Labute approximate surface area is 196 Å². The summed E-state index contributed by atoms with van der Waals surface area (Å²) < 4.78 is 4.81. The number of rotatable bonds is 8. The molecule has 7 heteroatoms. The van der Waals surface area contributed by atoms with Gasteiger partial charge in [0.1, 0.15) is 0 Å². The molecular weight excluding hydrogens is 539 g/mol. The molecule has 0 aliphatic heterocycles. The molecule has 0 fully saturated rings. The fourth-order valence-electron chi connectivity index (χ4n) is 3.08. The molecule has 156 valence electrons. The van der Waals surface area contributed by atoms with Crippen molar-refractivity contribution in [1.82, 2.24) is 9.80 Å². The second kappa shape index (κ2) is 12.5. The van der Waals surface area contributed by atoms with E-state index in [-0.39, 0.29) is 0 Å². The molecule has 2 rings (SSSR count). The van der Waals surface area contributed by atoms with Crippen molar-refractivity contribution < 1.29 is 0 Å². The summed E-state index contributed by atoms with van der Waals surface area (Å²) in [5.41, 5.74) is 0. The van der Waals surface area contributed by atoms with E-state index in [4.69, 9.17) is 24.4 Å². The zero-order chi connectivity index (χ0) is 21.3. The zero-order valence-electron chi connectivity index (χ0n) is 17.6. The van der Waals surface area contributed by atoms with Crippen LogP contribution in [0, 0.1) is 0 Å². The van der Waals surface area contributed by atoms with Crippen LogP contribution in [0.5, 0.6) is 0 Å². The maximum atomic E-state index is 5.97. The molecule has 0 amide bonds. The Kier molecular flexibility index (Phi) is 10.8. The first kappa shape index (κ1) is 25.0. The first-order valence-electron chi connectivity index (χ1n) is 10.1. The van der Waals surface area contributed by atoms with Crippen molar-refractivity contribution in [3.8, 4) is 0 Å². The minimum absolute atomic E-state index is 0.930. The number of hydrogen-bond donors (Lipinski definition) is 0. The molecule has 0 aliphatic rings. The van der Waals surface area contributed by atoms with Crippen LogP contribution in [0.1, 0.15) is 27.7 Å². The molecule has 0 aromatic heterocycles. The van der Waals surface area contributed by atoms with Gasteiger partial charge in [0.2, 0.25) is 0 Å². The van der Waals surface area contributed by atoms with Crippen LogP contribution in [0.2, 0.25) is 0 Å². The van der Waals surface area contributed by atoms with Crippen LogP contribution in [0.4, 0.5) is 0 Å². The molecule has 2 aromatic carbocycles. The summed E-state index contributed by atoms with van der Waals surface area (Å²) in [7, 11) is 3.88. The molecule has 2 aromatic rings. The van der Waals surface area contributed by atoms with Crippen LogP contribution in [0.15, 0.2) is 60.7 Å². The van der Waals surface area contributed by atoms with Crippen molar-refractivity contribution in [3.05, 3.63) is 60.7 Å². The minimum atomic E-state index is -3.40. The van der Waals surface area contributed by atoms with Gasteiger partial charge < -0.3 is 0 Å². The van der Waals surface area contributed by atoms with E-state index < -0.39 is 15.6 Å². The zero-order valence-corrected chi connectivity index (χ0v) is 23.7. The summed E-state index contributed by atoms with van der Waals surface area (Å²) in [5, 5.41) is 0. The molecule has 0 unspecified atom stereocenters. The first-order valence-corrected chi connectivity index (χ1v) is 22.4. The average molecular weight is 569 g/mol. The quantitative estimate of drug-likeness (QED) is 0.325. The third-order valence-electron chi connectivity index (χ3n) is 4.81. The molecule has 0 radical (unpaired) electrons. The van der Waals surface area contributed by atoms with Gasteiger partial charge in [-0.2, -0.15) is 0 Å². The third kappa shape index (κ3) is 6.35. The number of benzene rings is 2. The molecule has 0 aliphatic carbocycles. The summed E-state index contributed by atoms with van der Waals surface area (Å²) in [4.78, 5) is 4.58. The second-order valence-electron chi connectivity index (χ2n) is 6.43. The number of hydrogen-bond acceptors (Lipinski definition) is 4. The van der Waals surface area contributed by atoms with Crippen molar-refractivity contribution in [3.63, 3.8) is 0 Å². The van der Waals surface area contributed by atoms with Crippen LogP contribution >= 0.6 is 42.3 Å². The van der Waals surface area contributed by atoms with Gasteiger partial charge in [-0.25, -0.2) is 0 Å². The standard InChI is InChI=1S/2C6H5.2C5H11NS2.Sn/c2*1-2-4-6-5-3-1;2*1-3-6(4-2)5(7)8;/h2*1-5H;2*3-4H2,1-2H3,(H,7,8);/q;;;;+2/p-2. The van der Waals surface area contributed by atoms with Crippen LogP contribution in [-0.4, -0.2) is 60.2 Å². The number of thiocarbonyl (C=S) groups is 2. The summed E-state index contributed by atoms with van der Waals surface area (Å²) >= 11 is 8.54. The van der Waals surface area contributed by atoms with Gasteiger partial charge in [0, 0.05) is 0 Å². The van der Waals surface area contributed by atoms with Gasteiger partial charge in [0.05, 0.1) is 0 Å². The Morgan fingerprint density at radius 1 is 0.655 bits per heavy atom. The topological polar surface area (TPSA) is 6.48 Å². The predicted molar refractivity (Wildman–Crippen MR) is 144 cm³/mol. The van der Waals surface area contributed by atoms with E-state index in [1.54, 1.807) is 0 Å². The van der Waals surface area contributed by atoms with Gasteiger partial charge in [-0.05, 0) is 0 Å². The summed E-state index contributed by atoms with van der Waals surface area (Å²) in [6, 6.07) is 21.9. The molecule has 0 N–H and O–H groups in total. The average Bonchev–Trinajstić information content (AvgIpc) is 2.76. The van der Waals surface area contributed by atoms with Crippen molar-refractivity contribution in [2.24, 2.45) is 0 Å². The van der Waals surface area contributed by atoms with Gasteiger partial charge >= 0.3 is 198 Å². The van der Waals surface area contributed by atoms with Gasteiger partial charge in [-0.1, -0.05) is 0 Å². The van der Waals surface area contributed by atoms with Gasteiger partial charge in [-0.3, -0.25) is 0 Å². The van der Waals surface area contributed by atoms with Crippen molar-refractivity contribution >= 4 is 73.7 Å². The molecular formula is C22H30N2S4Sn. The number of nitrogens with zero attached hydrogens (tertiary/aromatic N) is 2. The maximum absolute atomic E-state index is 5.97. The first-order chi connectivity index (χ1) is 14.0. The van der Waals surface area contributed by atoms with Crippen molar-refractivity contribution in [2.45, 2.75) is 27.7 Å². The fraction of sp³-hybridized carbons (Fsp3) is 0.364. The molecule has 0 atom stereocenters. The van der Waals surface area contributed by atoms with Crippen LogP contribution < -0.4 is 7.16 Å². The monoisotopic (exact) mass is 570 g/mol. The molecule has 0 spiro atoms. The summed E-state index contributed by atoms with van der Waals surface area (Å²) in [6.07, 6.45) is 0. The molecule has 0 saturated heterocycles. The van der Waals surface area contributed by atoms with Crippen LogP contribution in [0.25, 0.3) is 0 Å². The summed E-state index contributed by atoms with van der Waals surface area (Å²) in [5.74, 6) is 0. The van der Waals surface area contributed by atoms with E-state index >= 15 is 0 Å².